The molecule has 0 saturated heterocycles. The van der Waals surface area contributed by atoms with Gasteiger partial charge in [0, 0.05) is 30.1 Å². The van der Waals surface area contributed by atoms with Crippen LogP contribution in [0.15, 0.2) is 35.1 Å². The van der Waals surface area contributed by atoms with Gasteiger partial charge in [-0.1, -0.05) is 18.2 Å². The molecule has 6 heteroatoms. The van der Waals surface area contributed by atoms with E-state index in [2.05, 4.69) is 15.6 Å². The predicted molar refractivity (Wildman–Crippen MR) is 85.9 cm³/mol. The third-order valence-corrected chi connectivity index (χ3v) is 3.11. The third-order valence-electron chi connectivity index (χ3n) is 3.11. The summed E-state index contributed by atoms with van der Waals surface area (Å²) >= 11 is 0. The molecule has 1 aromatic carbocycles. The second kappa shape index (κ2) is 7.61. The number of amides is 2. The van der Waals surface area contributed by atoms with Gasteiger partial charge in [0.2, 0.25) is 5.56 Å². The summed E-state index contributed by atoms with van der Waals surface area (Å²) in [6.07, 6.45) is 0.146. The zero-order chi connectivity index (χ0) is 15.9. The summed E-state index contributed by atoms with van der Waals surface area (Å²) in [5.74, 6) is 0. The number of para-hydroxylation sites is 1. The molecule has 0 aliphatic carbocycles. The smallest absolute Gasteiger partial charge is 0.315 e. The molecule has 3 N–H and O–H groups in total. The van der Waals surface area contributed by atoms with E-state index in [4.69, 9.17) is 4.74 Å². The van der Waals surface area contributed by atoms with Crippen molar-refractivity contribution in [3.8, 4) is 0 Å². The lowest BCUT2D eigenvalue weighted by Gasteiger charge is -2.11. The van der Waals surface area contributed by atoms with Crippen molar-refractivity contribution < 1.29 is 9.53 Å². The molecule has 0 fully saturated rings. The van der Waals surface area contributed by atoms with Gasteiger partial charge >= 0.3 is 6.03 Å². The summed E-state index contributed by atoms with van der Waals surface area (Å²) in [6.45, 7) is 5.09. The number of aromatic amines is 1. The minimum Gasteiger partial charge on any atom is -0.377 e. The fraction of sp³-hybridized carbons (Fsp3) is 0.375. The highest BCUT2D eigenvalue weighted by Crippen LogP contribution is 2.13. The minimum absolute atomic E-state index is 0.146. The molecule has 2 amide bonds. The molecule has 0 unspecified atom stereocenters. The number of rotatable bonds is 6. The van der Waals surface area contributed by atoms with Crippen LogP contribution in [0.25, 0.3) is 10.9 Å². The minimum atomic E-state index is -0.281. The summed E-state index contributed by atoms with van der Waals surface area (Å²) in [5.41, 5.74) is 1.37. The van der Waals surface area contributed by atoms with E-state index in [1.807, 2.05) is 38.1 Å². The van der Waals surface area contributed by atoms with Crippen molar-refractivity contribution in [1.82, 2.24) is 15.6 Å². The second-order valence-electron chi connectivity index (χ2n) is 5.23. The van der Waals surface area contributed by atoms with Crippen LogP contribution >= 0.6 is 0 Å². The van der Waals surface area contributed by atoms with Crippen LogP contribution in [0.4, 0.5) is 4.79 Å². The number of aromatic nitrogens is 1. The van der Waals surface area contributed by atoms with Crippen LogP contribution < -0.4 is 16.2 Å². The first-order valence-electron chi connectivity index (χ1n) is 7.30. The van der Waals surface area contributed by atoms with Gasteiger partial charge in [0.25, 0.3) is 0 Å². The Morgan fingerprint density at radius 1 is 1.27 bits per heavy atom. The van der Waals surface area contributed by atoms with E-state index in [9.17, 15) is 9.59 Å². The quantitative estimate of drug-likeness (QED) is 0.711. The van der Waals surface area contributed by atoms with E-state index >= 15 is 0 Å². The Bertz CT molecular complexity index is 694. The van der Waals surface area contributed by atoms with Gasteiger partial charge in [-0.2, -0.15) is 0 Å². The van der Waals surface area contributed by atoms with Crippen LogP contribution in [0.1, 0.15) is 19.4 Å². The molecule has 2 aromatic rings. The molecule has 1 heterocycles. The number of ether oxygens (including phenoxy) is 1. The van der Waals surface area contributed by atoms with Gasteiger partial charge in [-0.25, -0.2) is 4.79 Å². The number of fused-ring (bicyclic) bond motifs is 1. The van der Waals surface area contributed by atoms with E-state index in [0.717, 1.165) is 16.5 Å². The topological polar surface area (TPSA) is 83.2 Å². The fourth-order valence-electron chi connectivity index (χ4n) is 2.12. The number of benzene rings is 1. The predicted octanol–water partition coefficient (Wildman–Crippen LogP) is 1.75. The molecule has 0 saturated carbocycles. The van der Waals surface area contributed by atoms with Crippen LogP contribution in [0, 0.1) is 0 Å². The Kier molecular flexibility index (Phi) is 5.55. The number of hydrogen-bond donors (Lipinski definition) is 3. The Balaban J connectivity index is 1.91. The third kappa shape index (κ3) is 4.60. The number of urea groups is 1. The number of carbonyl (C=O) groups is 1. The second-order valence-corrected chi connectivity index (χ2v) is 5.23. The molecule has 1 aromatic heterocycles. The molecule has 118 valence electrons. The van der Waals surface area contributed by atoms with E-state index in [-0.39, 0.29) is 17.7 Å². The van der Waals surface area contributed by atoms with Crippen LogP contribution in [0.5, 0.6) is 0 Å². The van der Waals surface area contributed by atoms with Crippen molar-refractivity contribution in [2.45, 2.75) is 26.5 Å². The van der Waals surface area contributed by atoms with Gasteiger partial charge in [0.15, 0.2) is 0 Å². The average molecular weight is 303 g/mol. The Labute approximate surface area is 128 Å². The summed E-state index contributed by atoms with van der Waals surface area (Å²) in [4.78, 5) is 26.1. The molecule has 22 heavy (non-hydrogen) atoms. The van der Waals surface area contributed by atoms with Crippen molar-refractivity contribution in [2.24, 2.45) is 0 Å². The Morgan fingerprint density at radius 2 is 2.05 bits per heavy atom. The fourth-order valence-corrected chi connectivity index (χ4v) is 2.12. The first-order chi connectivity index (χ1) is 10.6. The van der Waals surface area contributed by atoms with E-state index in [1.54, 1.807) is 0 Å². The van der Waals surface area contributed by atoms with E-state index in [1.165, 1.54) is 6.07 Å². The van der Waals surface area contributed by atoms with Crippen molar-refractivity contribution in [2.75, 3.05) is 13.2 Å². The van der Waals surface area contributed by atoms with Crippen LogP contribution in [0.2, 0.25) is 0 Å². The number of carbonyl (C=O) groups excluding carboxylic acids is 1. The van der Waals surface area contributed by atoms with Crippen molar-refractivity contribution in [3.63, 3.8) is 0 Å². The maximum atomic E-state index is 11.7. The SMILES string of the molecule is CC(C)OCCNC(=O)NCc1cc(=O)[nH]c2ccccc12. The molecule has 0 spiro atoms. The number of H-pyrrole nitrogens is 1. The normalized spacial score (nSPS) is 10.9. The lowest BCUT2D eigenvalue weighted by Crippen LogP contribution is -2.37. The molecule has 0 radical (unpaired) electrons. The van der Waals surface area contributed by atoms with Crippen LogP contribution in [0.3, 0.4) is 0 Å². The van der Waals surface area contributed by atoms with Gasteiger partial charge in [0.05, 0.1) is 12.7 Å². The van der Waals surface area contributed by atoms with Gasteiger partial charge in [-0.05, 0) is 25.5 Å². The molecule has 0 aliphatic heterocycles. The maximum absolute atomic E-state index is 11.7. The number of nitrogens with one attached hydrogen (secondary N) is 3. The first kappa shape index (κ1) is 16.0. The zero-order valence-electron chi connectivity index (χ0n) is 12.8. The van der Waals surface area contributed by atoms with Crippen LogP contribution in [-0.4, -0.2) is 30.3 Å². The van der Waals surface area contributed by atoms with E-state index < -0.39 is 0 Å². The molecule has 0 bridgehead atoms. The summed E-state index contributed by atoms with van der Waals surface area (Å²) in [7, 11) is 0. The highest BCUT2D eigenvalue weighted by molar-refractivity contribution is 5.82. The standard InChI is InChI=1S/C16H21N3O3/c1-11(2)22-8-7-17-16(21)18-10-12-9-15(20)19-14-6-4-3-5-13(12)14/h3-6,9,11H,7-8,10H2,1-2H3,(H,19,20)(H2,17,18,21). The highest BCUT2D eigenvalue weighted by Gasteiger charge is 2.05. The Morgan fingerprint density at radius 3 is 2.82 bits per heavy atom. The lowest BCUT2D eigenvalue weighted by atomic mass is 10.1. The molecule has 2 rings (SSSR count). The average Bonchev–Trinajstić information content (AvgIpc) is 2.48. The van der Waals surface area contributed by atoms with Crippen molar-refractivity contribution in [3.05, 3.63) is 46.2 Å². The summed E-state index contributed by atoms with van der Waals surface area (Å²) in [5, 5.41) is 6.38. The van der Waals surface area contributed by atoms with E-state index in [0.29, 0.717) is 19.7 Å². The zero-order valence-corrected chi connectivity index (χ0v) is 12.8. The van der Waals surface area contributed by atoms with Crippen molar-refractivity contribution in [1.29, 1.82) is 0 Å². The molecular weight excluding hydrogens is 282 g/mol. The van der Waals surface area contributed by atoms with Gasteiger partial charge < -0.3 is 20.4 Å². The summed E-state index contributed by atoms with van der Waals surface area (Å²) < 4.78 is 5.34. The number of hydrogen-bond acceptors (Lipinski definition) is 3. The highest BCUT2D eigenvalue weighted by atomic mass is 16.5. The first-order valence-corrected chi connectivity index (χ1v) is 7.30. The monoisotopic (exact) mass is 303 g/mol. The van der Waals surface area contributed by atoms with Gasteiger partial charge in [-0.3, -0.25) is 4.79 Å². The molecule has 0 atom stereocenters. The molecule has 6 nitrogen and oxygen atoms in total. The van der Waals surface area contributed by atoms with Gasteiger partial charge in [0.1, 0.15) is 0 Å². The summed E-state index contributed by atoms with van der Waals surface area (Å²) in [6, 6.07) is 8.73. The van der Waals surface area contributed by atoms with Crippen LogP contribution in [-0.2, 0) is 11.3 Å². The molecule has 0 aliphatic rings. The maximum Gasteiger partial charge on any atom is 0.315 e. The molecular formula is C16H21N3O3. The number of pyridine rings is 1. The van der Waals surface area contributed by atoms with Crippen molar-refractivity contribution >= 4 is 16.9 Å². The largest absolute Gasteiger partial charge is 0.377 e. The Hall–Kier alpha value is -2.34. The lowest BCUT2D eigenvalue weighted by molar-refractivity contribution is 0.0817. The van der Waals surface area contributed by atoms with Gasteiger partial charge in [-0.15, -0.1) is 0 Å².